The number of nitrogens with one attached hydrogen (secondary N) is 1. The lowest BCUT2D eigenvalue weighted by Crippen LogP contribution is -2.26. The Kier molecular flexibility index (Phi) is 3.28. The SMILES string of the molecule is CC1OCCC1Nc1snc(N)c1S(C)(=O)=O. The third-order valence-corrected chi connectivity index (χ3v) is 4.81. The lowest BCUT2D eigenvalue weighted by molar-refractivity contribution is 0.121. The van der Waals surface area contributed by atoms with Gasteiger partial charge in [-0.05, 0) is 24.9 Å². The van der Waals surface area contributed by atoms with Crippen molar-refractivity contribution in [2.75, 3.05) is 23.9 Å². The van der Waals surface area contributed by atoms with Crippen LogP contribution in [0.3, 0.4) is 0 Å². The maximum Gasteiger partial charge on any atom is 0.182 e. The summed E-state index contributed by atoms with van der Waals surface area (Å²) >= 11 is 1.07. The van der Waals surface area contributed by atoms with Crippen molar-refractivity contribution in [3.63, 3.8) is 0 Å². The molecule has 0 aromatic carbocycles. The maximum absolute atomic E-state index is 11.6. The quantitative estimate of drug-likeness (QED) is 0.845. The standard InChI is InChI=1S/C9H15N3O3S2/c1-5-6(3-4-15-5)11-9-7(17(2,13)14)8(10)12-16-9/h5-6,11H,3-4H2,1-2H3,(H2,10,12). The Morgan fingerprint density at radius 3 is 2.82 bits per heavy atom. The van der Waals surface area contributed by atoms with Crippen molar-refractivity contribution < 1.29 is 13.2 Å². The Morgan fingerprint density at radius 2 is 2.29 bits per heavy atom. The zero-order valence-corrected chi connectivity index (χ0v) is 11.3. The lowest BCUT2D eigenvalue weighted by atomic mass is 10.2. The van der Waals surface area contributed by atoms with Crippen molar-refractivity contribution >= 4 is 32.2 Å². The Morgan fingerprint density at radius 1 is 1.59 bits per heavy atom. The average Bonchev–Trinajstić information content (AvgIpc) is 2.74. The molecule has 1 aromatic rings. The van der Waals surface area contributed by atoms with Gasteiger partial charge in [-0.2, -0.15) is 4.37 Å². The summed E-state index contributed by atoms with van der Waals surface area (Å²) in [5, 5.41) is 3.67. The van der Waals surface area contributed by atoms with Gasteiger partial charge in [-0.3, -0.25) is 0 Å². The monoisotopic (exact) mass is 277 g/mol. The number of ether oxygens (including phenoxy) is 1. The molecule has 0 radical (unpaired) electrons. The molecule has 1 fully saturated rings. The Labute approximate surface area is 104 Å². The summed E-state index contributed by atoms with van der Waals surface area (Å²) in [6, 6.07) is 0.107. The molecule has 96 valence electrons. The Balaban J connectivity index is 2.28. The molecule has 1 saturated heterocycles. The van der Waals surface area contributed by atoms with Crippen LogP contribution in [0.2, 0.25) is 0 Å². The van der Waals surface area contributed by atoms with Gasteiger partial charge >= 0.3 is 0 Å². The van der Waals surface area contributed by atoms with E-state index in [1.807, 2.05) is 6.92 Å². The third-order valence-electron chi connectivity index (χ3n) is 2.74. The van der Waals surface area contributed by atoms with Crippen LogP contribution in [0.25, 0.3) is 0 Å². The molecule has 2 unspecified atom stereocenters. The van der Waals surface area contributed by atoms with Crippen LogP contribution in [-0.2, 0) is 14.6 Å². The van der Waals surface area contributed by atoms with E-state index in [-0.39, 0.29) is 22.9 Å². The predicted octanol–water partition coefficient (Wildman–Crippen LogP) is 0.718. The number of nitrogens with zero attached hydrogens (tertiary/aromatic N) is 1. The van der Waals surface area contributed by atoms with Crippen LogP contribution in [-0.4, -0.2) is 37.8 Å². The minimum Gasteiger partial charge on any atom is -0.382 e. The minimum absolute atomic E-state index is 0.0609. The molecule has 0 saturated carbocycles. The first-order valence-corrected chi connectivity index (χ1v) is 7.89. The summed E-state index contributed by atoms with van der Waals surface area (Å²) in [5.41, 5.74) is 5.59. The molecule has 17 heavy (non-hydrogen) atoms. The predicted molar refractivity (Wildman–Crippen MR) is 67.1 cm³/mol. The highest BCUT2D eigenvalue weighted by Crippen LogP contribution is 2.33. The number of rotatable bonds is 3. The molecular formula is C9H15N3O3S2. The van der Waals surface area contributed by atoms with Crippen molar-refractivity contribution in [3.8, 4) is 0 Å². The summed E-state index contributed by atoms with van der Waals surface area (Å²) in [4.78, 5) is 0.0987. The van der Waals surface area contributed by atoms with Gasteiger partial charge in [-0.1, -0.05) is 0 Å². The van der Waals surface area contributed by atoms with Crippen LogP contribution < -0.4 is 11.1 Å². The number of hydrogen-bond donors (Lipinski definition) is 2. The van der Waals surface area contributed by atoms with Crippen LogP contribution in [0.15, 0.2) is 4.90 Å². The van der Waals surface area contributed by atoms with Crippen molar-refractivity contribution in [1.29, 1.82) is 0 Å². The second-order valence-electron chi connectivity index (χ2n) is 4.11. The van der Waals surface area contributed by atoms with Crippen LogP contribution in [0.4, 0.5) is 10.8 Å². The molecule has 2 heterocycles. The van der Waals surface area contributed by atoms with Gasteiger partial charge in [-0.25, -0.2) is 8.42 Å². The van der Waals surface area contributed by atoms with Gasteiger partial charge in [0.25, 0.3) is 0 Å². The number of nitrogens with two attached hydrogens (primary N) is 1. The fourth-order valence-electron chi connectivity index (χ4n) is 1.83. The molecule has 8 heteroatoms. The Hall–Kier alpha value is -0.860. The van der Waals surface area contributed by atoms with E-state index in [2.05, 4.69) is 9.69 Å². The van der Waals surface area contributed by atoms with Crippen LogP contribution in [0.1, 0.15) is 13.3 Å². The summed E-state index contributed by atoms with van der Waals surface area (Å²) in [6.07, 6.45) is 2.04. The fraction of sp³-hybridized carbons (Fsp3) is 0.667. The normalized spacial score (nSPS) is 25.1. The number of hydrogen-bond acceptors (Lipinski definition) is 7. The molecule has 0 amide bonds. The fourth-order valence-corrected chi connectivity index (χ4v) is 3.95. The van der Waals surface area contributed by atoms with E-state index in [0.29, 0.717) is 11.6 Å². The second kappa shape index (κ2) is 4.43. The van der Waals surface area contributed by atoms with Crippen molar-refractivity contribution in [1.82, 2.24) is 4.37 Å². The van der Waals surface area contributed by atoms with E-state index in [1.165, 1.54) is 0 Å². The molecule has 2 atom stereocenters. The third kappa shape index (κ3) is 2.53. The number of anilines is 2. The number of aromatic nitrogens is 1. The topological polar surface area (TPSA) is 94.3 Å². The molecule has 2 rings (SSSR count). The van der Waals surface area contributed by atoms with Gasteiger partial charge in [0.2, 0.25) is 0 Å². The highest BCUT2D eigenvalue weighted by atomic mass is 32.2. The molecular weight excluding hydrogens is 262 g/mol. The largest absolute Gasteiger partial charge is 0.382 e. The minimum atomic E-state index is -3.36. The van der Waals surface area contributed by atoms with E-state index in [9.17, 15) is 8.42 Å². The van der Waals surface area contributed by atoms with Gasteiger partial charge in [0.1, 0.15) is 9.90 Å². The maximum atomic E-state index is 11.6. The molecule has 0 bridgehead atoms. The lowest BCUT2D eigenvalue weighted by Gasteiger charge is -2.16. The first-order chi connectivity index (χ1) is 7.89. The average molecular weight is 277 g/mol. The highest BCUT2D eigenvalue weighted by Gasteiger charge is 2.28. The molecule has 6 nitrogen and oxygen atoms in total. The molecule has 1 aromatic heterocycles. The highest BCUT2D eigenvalue weighted by molar-refractivity contribution is 7.91. The van der Waals surface area contributed by atoms with E-state index in [1.54, 1.807) is 0 Å². The molecule has 0 spiro atoms. The smallest absolute Gasteiger partial charge is 0.182 e. The molecule has 3 N–H and O–H groups in total. The van der Waals surface area contributed by atoms with Crippen LogP contribution in [0.5, 0.6) is 0 Å². The first-order valence-electron chi connectivity index (χ1n) is 5.23. The summed E-state index contributed by atoms with van der Waals surface area (Å²) in [7, 11) is -3.36. The zero-order valence-electron chi connectivity index (χ0n) is 9.63. The van der Waals surface area contributed by atoms with Gasteiger partial charge < -0.3 is 15.8 Å². The van der Waals surface area contributed by atoms with Crippen LogP contribution >= 0.6 is 11.5 Å². The zero-order chi connectivity index (χ0) is 12.6. The van der Waals surface area contributed by atoms with Gasteiger partial charge in [0.05, 0.1) is 12.1 Å². The number of nitrogen functional groups attached to an aromatic ring is 1. The summed E-state index contributed by atoms with van der Waals surface area (Å²) < 4.78 is 32.5. The molecule has 1 aliphatic heterocycles. The number of sulfone groups is 1. The van der Waals surface area contributed by atoms with Gasteiger partial charge in [-0.15, -0.1) is 0 Å². The first kappa shape index (κ1) is 12.6. The summed E-state index contributed by atoms with van der Waals surface area (Å²) in [5.74, 6) is 0.0616. The van der Waals surface area contributed by atoms with Gasteiger partial charge in [0.15, 0.2) is 15.7 Å². The summed E-state index contributed by atoms with van der Waals surface area (Å²) in [6.45, 7) is 2.64. The van der Waals surface area contributed by atoms with Gasteiger partial charge in [0, 0.05) is 12.9 Å². The van der Waals surface area contributed by atoms with Crippen LogP contribution in [0, 0.1) is 0 Å². The second-order valence-corrected chi connectivity index (χ2v) is 6.84. The van der Waals surface area contributed by atoms with E-state index in [0.717, 1.165) is 24.2 Å². The van der Waals surface area contributed by atoms with Crippen molar-refractivity contribution in [3.05, 3.63) is 0 Å². The van der Waals surface area contributed by atoms with E-state index < -0.39 is 9.84 Å². The molecule has 1 aliphatic rings. The van der Waals surface area contributed by atoms with Crippen molar-refractivity contribution in [2.45, 2.75) is 30.4 Å². The Bertz CT molecular complexity index is 512. The van der Waals surface area contributed by atoms with E-state index >= 15 is 0 Å². The van der Waals surface area contributed by atoms with E-state index in [4.69, 9.17) is 10.5 Å². The van der Waals surface area contributed by atoms with Crippen molar-refractivity contribution in [2.24, 2.45) is 0 Å². The molecule has 0 aliphatic carbocycles.